The number of aryl methyl sites for hydroxylation is 2. The number of urea groups is 1. The van der Waals surface area contributed by atoms with Crippen LogP contribution in [-0.2, 0) is 12.8 Å². The summed E-state index contributed by atoms with van der Waals surface area (Å²) < 4.78 is 0. The lowest BCUT2D eigenvalue weighted by atomic mass is 10.1. The number of hydrogen-bond acceptors (Lipinski definition) is 4. The molecule has 0 aliphatic heterocycles. The van der Waals surface area contributed by atoms with Crippen LogP contribution in [0.4, 0.5) is 9.93 Å². The third kappa shape index (κ3) is 5.09. The highest BCUT2D eigenvalue weighted by Crippen LogP contribution is 2.25. The number of carbonyl (C=O) groups excluding carboxylic acids is 1. The summed E-state index contributed by atoms with van der Waals surface area (Å²) in [4.78, 5) is 19.2. The molecule has 0 fully saturated rings. The summed E-state index contributed by atoms with van der Waals surface area (Å²) >= 11 is 1.53. The molecule has 0 aromatic carbocycles. The molecule has 1 heterocycles. The van der Waals surface area contributed by atoms with Crippen LogP contribution in [0.15, 0.2) is 0 Å². The normalized spacial score (nSPS) is 11.5. The average Bonchev–Trinajstić information content (AvgIpc) is 2.69. The quantitative estimate of drug-likeness (QED) is 0.849. The molecular weight excluding hydrogens is 274 g/mol. The molecule has 0 aliphatic rings. The summed E-state index contributed by atoms with van der Waals surface area (Å²) in [7, 11) is 1.66. The molecule has 20 heavy (non-hydrogen) atoms. The van der Waals surface area contributed by atoms with E-state index < -0.39 is 5.60 Å². The molecule has 0 aliphatic carbocycles. The third-order valence-corrected chi connectivity index (χ3v) is 3.93. The first kappa shape index (κ1) is 16.9. The van der Waals surface area contributed by atoms with Gasteiger partial charge in [0.15, 0.2) is 5.13 Å². The van der Waals surface area contributed by atoms with Crippen molar-refractivity contribution in [1.29, 1.82) is 0 Å². The van der Waals surface area contributed by atoms with Crippen molar-refractivity contribution in [2.75, 3.05) is 18.9 Å². The summed E-state index contributed by atoms with van der Waals surface area (Å²) in [6.07, 6.45) is 2.92. The second-order valence-electron chi connectivity index (χ2n) is 5.59. The Kier molecular flexibility index (Phi) is 5.95. The molecule has 1 rings (SSSR count). The smallest absolute Gasteiger partial charge is 0.323 e. The van der Waals surface area contributed by atoms with Crippen molar-refractivity contribution in [3.63, 3.8) is 0 Å². The van der Waals surface area contributed by atoms with Crippen molar-refractivity contribution in [2.45, 2.75) is 52.6 Å². The minimum atomic E-state index is -0.906. The Balaban J connectivity index is 2.70. The molecule has 2 amide bonds. The number of anilines is 1. The zero-order valence-corrected chi connectivity index (χ0v) is 13.8. The molecule has 1 aromatic rings. The van der Waals surface area contributed by atoms with Gasteiger partial charge in [0.2, 0.25) is 0 Å². The lowest BCUT2D eigenvalue weighted by molar-refractivity contribution is 0.0550. The van der Waals surface area contributed by atoms with E-state index in [4.69, 9.17) is 0 Å². The molecule has 114 valence electrons. The maximum Gasteiger partial charge on any atom is 0.323 e. The molecule has 0 radical (unpaired) electrons. The first-order chi connectivity index (χ1) is 9.26. The first-order valence-corrected chi connectivity index (χ1v) is 7.81. The Morgan fingerprint density at radius 1 is 1.45 bits per heavy atom. The fourth-order valence-corrected chi connectivity index (χ4v) is 2.92. The summed E-state index contributed by atoms with van der Waals surface area (Å²) in [5.74, 6) is 0. The van der Waals surface area contributed by atoms with Gasteiger partial charge in [0.05, 0.1) is 17.8 Å². The number of aromatic nitrogens is 1. The van der Waals surface area contributed by atoms with Gasteiger partial charge in [-0.05, 0) is 26.7 Å². The Bertz CT molecular complexity index is 452. The summed E-state index contributed by atoms with van der Waals surface area (Å²) in [6.45, 7) is 7.84. The van der Waals surface area contributed by atoms with Gasteiger partial charge in [0.1, 0.15) is 0 Å². The van der Waals surface area contributed by atoms with E-state index in [1.54, 1.807) is 20.9 Å². The van der Waals surface area contributed by atoms with E-state index in [2.05, 4.69) is 24.1 Å². The van der Waals surface area contributed by atoms with E-state index >= 15 is 0 Å². The Hall–Kier alpha value is -1.14. The second kappa shape index (κ2) is 7.04. The highest BCUT2D eigenvalue weighted by Gasteiger charge is 2.20. The number of thiazole rings is 1. The minimum absolute atomic E-state index is 0.244. The third-order valence-electron chi connectivity index (χ3n) is 2.77. The number of amides is 2. The van der Waals surface area contributed by atoms with Crippen LogP contribution in [0.5, 0.6) is 0 Å². The number of nitrogens with zero attached hydrogens (tertiary/aromatic N) is 2. The van der Waals surface area contributed by atoms with Gasteiger partial charge < -0.3 is 10.0 Å². The van der Waals surface area contributed by atoms with Gasteiger partial charge in [-0.25, -0.2) is 9.78 Å². The largest absolute Gasteiger partial charge is 0.389 e. The van der Waals surface area contributed by atoms with Crippen LogP contribution in [0.2, 0.25) is 0 Å². The van der Waals surface area contributed by atoms with Gasteiger partial charge >= 0.3 is 6.03 Å². The Morgan fingerprint density at radius 3 is 2.60 bits per heavy atom. The molecule has 0 spiro atoms. The fraction of sp³-hybridized carbons (Fsp3) is 0.714. The fourth-order valence-electron chi connectivity index (χ4n) is 1.98. The molecule has 6 heteroatoms. The number of hydrogen-bond donors (Lipinski definition) is 2. The molecule has 5 nitrogen and oxygen atoms in total. The standard InChI is InChI=1S/C14H25N3O2S/c1-6-8-10-11(7-2)20-12(15-10)16-13(18)17(5)9-14(3,4)19/h19H,6-9H2,1-5H3,(H,15,16,18). The minimum Gasteiger partial charge on any atom is -0.389 e. The second-order valence-corrected chi connectivity index (χ2v) is 6.67. The predicted octanol–water partition coefficient (Wildman–Crippen LogP) is 2.89. The van der Waals surface area contributed by atoms with Crippen LogP contribution in [-0.4, -0.2) is 40.2 Å². The molecule has 0 saturated carbocycles. The maximum atomic E-state index is 12.0. The topological polar surface area (TPSA) is 65.5 Å². The van der Waals surface area contributed by atoms with Crippen LogP contribution >= 0.6 is 11.3 Å². The van der Waals surface area contributed by atoms with E-state index in [0.717, 1.165) is 25.0 Å². The van der Waals surface area contributed by atoms with Gasteiger partial charge in [-0.2, -0.15) is 0 Å². The van der Waals surface area contributed by atoms with E-state index in [9.17, 15) is 9.90 Å². The molecule has 0 saturated heterocycles. The van der Waals surface area contributed by atoms with Crippen LogP contribution < -0.4 is 5.32 Å². The van der Waals surface area contributed by atoms with Gasteiger partial charge in [-0.1, -0.05) is 20.3 Å². The Labute approximate surface area is 125 Å². The summed E-state index contributed by atoms with van der Waals surface area (Å²) in [6, 6.07) is -0.244. The summed E-state index contributed by atoms with van der Waals surface area (Å²) in [5, 5.41) is 13.2. The number of rotatable bonds is 6. The molecule has 1 aromatic heterocycles. The average molecular weight is 299 g/mol. The van der Waals surface area contributed by atoms with E-state index in [1.165, 1.54) is 21.1 Å². The predicted molar refractivity (Wildman–Crippen MR) is 83.4 cm³/mol. The van der Waals surface area contributed by atoms with Crippen molar-refractivity contribution in [3.8, 4) is 0 Å². The van der Waals surface area contributed by atoms with Crippen molar-refractivity contribution >= 4 is 22.5 Å². The zero-order chi connectivity index (χ0) is 15.3. The van der Waals surface area contributed by atoms with Crippen molar-refractivity contribution in [1.82, 2.24) is 9.88 Å². The highest BCUT2D eigenvalue weighted by atomic mass is 32.1. The molecule has 0 atom stereocenters. The van der Waals surface area contributed by atoms with Gasteiger partial charge in [-0.3, -0.25) is 5.32 Å². The van der Waals surface area contributed by atoms with E-state index in [-0.39, 0.29) is 12.6 Å². The lowest BCUT2D eigenvalue weighted by Crippen LogP contribution is -2.41. The zero-order valence-electron chi connectivity index (χ0n) is 13.0. The van der Waals surface area contributed by atoms with E-state index in [0.29, 0.717) is 5.13 Å². The van der Waals surface area contributed by atoms with Crippen LogP contribution in [0.25, 0.3) is 0 Å². The van der Waals surface area contributed by atoms with Gasteiger partial charge in [0, 0.05) is 11.9 Å². The SMILES string of the molecule is CCCc1nc(NC(=O)N(C)CC(C)(C)O)sc1CC. The molecule has 2 N–H and O–H groups in total. The van der Waals surface area contributed by atoms with Crippen molar-refractivity contribution in [2.24, 2.45) is 0 Å². The number of nitrogens with one attached hydrogen (secondary N) is 1. The van der Waals surface area contributed by atoms with Crippen LogP contribution in [0.3, 0.4) is 0 Å². The first-order valence-electron chi connectivity index (χ1n) is 7.00. The van der Waals surface area contributed by atoms with Crippen molar-refractivity contribution < 1.29 is 9.90 Å². The van der Waals surface area contributed by atoms with Crippen molar-refractivity contribution in [3.05, 3.63) is 10.6 Å². The van der Waals surface area contributed by atoms with Crippen LogP contribution in [0.1, 0.15) is 44.7 Å². The molecule has 0 bridgehead atoms. The van der Waals surface area contributed by atoms with Crippen LogP contribution in [0, 0.1) is 0 Å². The maximum absolute atomic E-state index is 12.0. The monoisotopic (exact) mass is 299 g/mol. The highest BCUT2D eigenvalue weighted by molar-refractivity contribution is 7.15. The lowest BCUT2D eigenvalue weighted by Gasteiger charge is -2.25. The molecular formula is C14H25N3O2S. The number of carbonyl (C=O) groups is 1. The summed E-state index contributed by atoms with van der Waals surface area (Å²) in [5.41, 5.74) is 0.178. The van der Waals surface area contributed by atoms with E-state index in [1.807, 2.05) is 0 Å². The Morgan fingerprint density at radius 2 is 2.10 bits per heavy atom. The van der Waals surface area contributed by atoms with Gasteiger partial charge in [-0.15, -0.1) is 11.3 Å². The number of aliphatic hydroxyl groups is 1. The van der Waals surface area contributed by atoms with Gasteiger partial charge in [0.25, 0.3) is 0 Å². The number of likely N-dealkylation sites (N-methyl/N-ethyl adjacent to an activating group) is 1. The molecule has 0 unspecified atom stereocenters.